The lowest BCUT2D eigenvalue weighted by Crippen LogP contribution is -2.33. The van der Waals surface area contributed by atoms with E-state index >= 15 is 0 Å². The van der Waals surface area contributed by atoms with Crippen LogP contribution >= 0.6 is 27.3 Å². The van der Waals surface area contributed by atoms with Crippen LogP contribution in [-0.4, -0.2) is 5.11 Å². The highest BCUT2D eigenvalue weighted by molar-refractivity contribution is 9.10. The molecule has 1 N–H and O–H groups in total. The third-order valence-electron chi connectivity index (χ3n) is 4.07. The highest BCUT2D eigenvalue weighted by atomic mass is 79.9. The molecule has 0 aliphatic heterocycles. The molecule has 2 atom stereocenters. The number of hydrogen-bond acceptors (Lipinski definition) is 2. The van der Waals surface area contributed by atoms with Crippen LogP contribution in [0.3, 0.4) is 0 Å². The highest BCUT2D eigenvalue weighted by Gasteiger charge is 2.36. The Labute approximate surface area is 126 Å². The molecule has 1 aliphatic rings. The normalized spacial score (nSPS) is 26.2. The van der Waals surface area contributed by atoms with Gasteiger partial charge in [-0.1, -0.05) is 31.2 Å². The van der Waals surface area contributed by atoms with Crippen molar-refractivity contribution >= 4 is 27.3 Å². The molecule has 2 unspecified atom stereocenters. The molecule has 0 spiro atoms. The fourth-order valence-corrected chi connectivity index (χ4v) is 4.57. The maximum atomic E-state index is 11.1. The van der Waals surface area contributed by atoms with Crippen LogP contribution in [0.25, 0.3) is 0 Å². The van der Waals surface area contributed by atoms with Gasteiger partial charge < -0.3 is 5.11 Å². The third-order valence-corrected chi connectivity index (χ3v) is 5.77. The van der Waals surface area contributed by atoms with Crippen molar-refractivity contribution in [2.45, 2.75) is 37.7 Å². The Kier molecular flexibility index (Phi) is 3.54. The number of thiophene rings is 1. The zero-order valence-corrected chi connectivity index (χ0v) is 13.3. The minimum Gasteiger partial charge on any atom is -0.385 e. The molecule has 1 nitrogen and oxygen atoms in total. The fraction of sp³-hybridized carbons (Fsp3) is 0.375. The molecule has 3 rings (SSSR count). The van der Waals surface area contributed by atoms with Gasteiger partial charge >= 0.3 is 0 Å². The lowest BCUT2D eigenvalue weighted by molar-refractivity contribution is 0.0167. The first-order chi connectivity index (χ1) is 9.08. The average molecular weight is 337 g/mol. The molecule has 0 fully saturated rings. The summed E-state index contributed by atoms with van der Waals surface area (Å²) in [5.74, 6) is 0.548. The summed E-state index contributed by atoms with van der Waals surface area (Å²) in [5.41, 5.74) is 1.73. The fourth-order valence-electron chi connectivity index (χ4n) is 3.01. The Morgan fingerprint density at radius 3 is 2.95 bits per heavy atom. The monoisotopic (exact) mass is 336 g/mol. The number of benzene rings is 1. The topological polar surface area (TPSA) is 20.2 Å². The van der Waals surface area contributed by atoms with Crippen molar-refractivity contribution in [1.29, 1.82) is 0 Å². The van der Waals surface area contributed by atoms with E-state index in [9.17, 15) is 5.11 Å². The Hall–Kier alpha value is -0.640. The number of fused-ring (bicyclic) bond motifs is 1. The predicted molar refractivity (Wildman–Crippen MR) is 83.7 cm³/mol. The molecule has 0 saturated carbocycles. The van der Waals surface area contributed by atoms with E-state index in [1.165, 1.54) is 10.4 Å². The lowest BCUT2D eigenvalue weighted by Gasteiger charge is -2.37. The molecule has 1 heterocycles. The van der Waals surface area contributed by atoms with Crippen LogP contribution in [0.5, 0.6) is 0 Å². The van der Waals surface area contributed by atoms with Crippen LogP contribution in [0.2, 0.25) is 0 Å². The Morgan fingerprint density at radius 1 is 1.42 bits per heavy atom. The van der Waals surface area contributed by atoms with Gasteiger partial charge in [0.05, 0.1) is 5.60 Å². The van der Waals surface area contributed by atoms with E-state index in [1.807, 2.05) is 6.07 Å². The van der Waals surface area contributed by atoms with Crippen LogP contribution in [0, 0.1) is 0 Å². The van der Waals surface area contributed by atoms with Crippen LogP contribution in [-0.2, 0) is 12.0 Å². The van der Waals surface area contributed by atoms with Crippen molar-refractivity contribution in [2.75, 3.05) is 0 Å². The van der Waals surface area contributed by atoms with Crippen molar-refractivity contribution in [2.24, 2.45) is 0 Å². The molecular weight excluding hydrogens is 320 g/mol. The maximum absolute atomic E-state index is 11.1. The van der Waals surface area contributed by atoms with Gasteiger partial charge in [0, 0.05) is 21.2 Å². The molecule has 1 aromatic heterocycles. The van der Waals surface area contributed by atoms with Gasteiger partial charge in [-0.15, -0.1) is 11.3 Å². The summed E-state index contributed by atoms with van der Waals surface area (Å²) in [5, 5.41) is 13.2. The van der Waals surface area contributed by atoms with Gasteiger partial charge in [0.1, 0.15) is 0 Å². The van der Waals surface area contributed by atoms with Gasteiger partial charge in [-0.25, -0.2) is 0 Å². The molecule has 0 amide bonds. The first-order valence-corrected chi connectivity index (χ1v) is 8.30. The number of aliphatic hydroxyl groups is 1. The third kappa shape index (κ3) is 2.51. The van der Waals surface area contributed by atoms with E-state index in [0.29, 0.717) is 12.3 Å². The van der Waals surface area contributed by atoms with Crippen LogP contribution in [0.15, 0.2) is 40.2 Å². The van der Waals surface area contributed by atoms with E-state index in [2.05, 4.69) is 52.5 Å². The van der Waals surface area contributed by atoms with Gasteiger partial charge in [0.25, 0.3) is 0 Å². The summed E-state index contributed by atoms with van der Waals surface area (Å²) < 4.78 is 1.11. The van der Waals surface area contributed by atoms with E-state index < -0.39 is 5.60 Å². The second-order valence-electron chi connectivity index (χ2n) is 5.47. The van der Waals surface area contributed by atoms with E-state index in [0.717, 1.165) is 22.9 Å². The van der Waals surface area contributed by atoms with Gasteiger partial charge in [0.15, 0.2) is 0 Å². The minimum absolute atomic E-state index is 0.548. The number of halogens is 1. The molecule has 1 aromatic carbocycles. The smallest absolute Gasteiger partial charge is 0.0947 e. The molecule has 1 aliphatic carbocycles. The first-order valence-electron chi connectivity index (χ1n) is 6.63. The van der Waals surface area contributed by atoms with Gasteiger partial charge in [-0.2, -0.15) is 0 Å². The summed E-state index contributed by atoms with van der Waals surface area (Å²) >= 11 is 5.19. The Balaban J connectivity index is 1.98. The SMILES string of the molecule is CC1CCC(O)(Cc2cc(Br)cs2)c2ccccc21. The number of rotatable bonds is 2. The molecule has 2 aromatic rings. The van der Waals surface area contributed by atoms with Crippen LogP contribution < -0.4 is 0 Å². The highest BCUT2D eigenvalue weighted by Crippen LogP contribution is 2.43. The zero-order chi connectivity index (χ0) is 13.5. The van der Waals surface area contributed by atoms with Crippen LogP contribution in [0.4, 0.5) is 0 Å². The summed E-state index contributed by atoms with van der Waals surface area (Å²) in [6.45, 7) is 2.25. The van der Waals surface area contributed by atoms with Crippen molar-refractivity contribution in [3.63, 3.8) is 0 Å². The standard InChI is InChI=1S/C16H17BrOS/c1-11-6-7-16(18,9-13-8-12(17)10-19-13)15-5-3-2-4-14(11)15/h2-5,8,10-11,18H,6-7,9H2,1H3. The average Bonchev–Trinajstić information content (AvgIpc) is 2.80. The summed E-state index contributed by atoms with van der Waals surface area (Å²) in [4.78, 5) is 1.23. The van der Waals surface area contributed by atoms with Crippen molar-refractivity contribution < 1.29 is 5.11 Å². The van der Waals surface area contributed by atoms with Crippen LogP contribution in [0.1, 0.15) is 41.7 Å². The minimum atomic E-state index is -0.701. The summed E-state index contributed by atoms with van der Waals surface area (Å²) in [7, 11) is 0. The molecule has 3 heteroatoms. The Morgan fingerprint density at radius 2 is 2.21 bits per heavy atom. The molecular formula is C16H17BrOS. The second-order valence-corrected chi connectivity index (χ2v) is 7.38. The van der Waals surface area contributed by atoms with Gasteiger partial charge in [0.2, 0.25) is 0 Å². The maximum Gasteiger partial charge on any atom is 0.0947 e. The quantitative estimate of drug-likeness (QED) is 0.831. The van der Waals surface area contributed by atoms with Crippen molar-refractivity contribution in [3.8, 4) is 0 Å². The molecule has 0 saturated heterocycles. The number of hydrogen-bond donors (Lipinski definition) is 1. The first kappa shape index (κ1) is 13.3. The van der Waals surface area contributed by atoms with Gasteiger partial charge in [-0.05, 0) is 51.9 Å². The Bertz CT molecular complexity index is 592. The predicted octanol–water partition coefficient (Wildman–Crippen LogP) is 4.84. The molecule has 0 bridgehead atoms. The molecule has 19 heavy (non-hydrogen) atoms. The van der Waals surface area contributed by atoms with Crippen molar-refractivity contribution in [1.82, 2.24) is 0 Å². The van der Waals surface area contributed by atoms with E-state index in [-0.39, 0.29) is 0 Å². The van der Waals surface area contributed by atoms with Crippen molar-refractivity contribution in [3.05, 3.63) is 56.2 Å². The lowest BCUT2D eigenvalue weighted by atomic mass is 9.73. The molecule has 100 valence electrons. The summed E-state index contributed by atoms with van der Waals surface area (Å²) in [6, 6.07) is 10.5. The summed E-state index contributed by atoms with van der Waals surface area (Å²) in [6.07, 6.45) is 2.62. The second kappa shape index (κ2) is 5.04. The van der Waals surface area contributed by atoms with E-state index in [1.54, 1.807) is 11.3 Å². The molecule has 0 radical (unpaired) electrons. The largest absolute Gasteiger partial charge is 0.385 e. The van der Waals surface area contributed by atoms with E-state index in [4.69, 9.17) is 0 Å². The zero-order valence-electron chi connectivity index (χ0n) is 10.9. The van der Waals surface area contributed by atoms with Gasteiger partial charge in [-0.3, -0.25) is 0 Å².